The topological polar surface area (TPSA) is 67.2 Å². The van der Waals surface area contributed by atoms with Gasteiger partial charge in [-0.2, -0.15) is 5.10 Å². The number of hydrogen-bond donors (Lipinski definition) is 1. The molecular weight excluding hydrogens is 340 g/mol. The molecule has 0 saturated carbocycles. The Bertz CT molecular complexity index is 1100. The summed E-state index contributed by atoms with van der Waals surface area (Å²) in [6.45, 7) is 1.98. The lowest BCUT2D eigenvalue weighted by Gasteiger charge is -2.32. The average molecular weight is 358 g/mol. The number of carbonyl (C=O) groups is 2. The number of para-hydroxylation sites is 2. The molecular formula is C21H18N4O2. The first-order valence-corrected chi connectivity index (χ1v) is 8.86. The second-order valence-electron chi connectivity index (χ2n) is 7.12. The van der Waals surface area contributed by atoms with Crippen LogP contribution in [-0.2, 0) is 15.0 Å². The molecule has 6 nitrogen and oxygen atoms in total. The average Bonchev–Trinajstić information content (AvgIpc) is 3.18. The molecule has 1 spiro atoms. The zero-order chi connectivity index (χ0) is 18.8. The Morgan fingerprint density at radius 2 is 1.81 bits per heavy atom. The van der Waals surface area contributed by atoms with Crippen LogP contribution in [0.4, 0.5) is 11.5 Å². The summed E-state index contributed by atoms with van der Waals surface area (Å²) in [5.41, 5.74) is 3.32. The predicted octanol–water partition coefficient (Wildman–Crippen LogP) is 2.79. The van der Waals surface area contributed by atoms with Crippen LogP contribution in [0.15, 0.2) is 54.7 Å². The number of hydrogen-bond acceptors (Lipinski definition) is 3. The number of anilines is 2. The highest BCUT2D eigenvalue weighted by Crippen LogP contribution is 2.52. The van der Waals surface area contributed by atoms with Crippen molar-refractivity contribution in [1.82, 2.24) is 9.78 Å². The van der Waals surface area contributed by atoms with Crippen LogP contribution in [-0.4, -0.2) is 28.6 Å². The minimum absolute atomic E-state index is 0.0834. The molecule has 2 amide bonds. The first kappa shape index (κ1) is 15.8. The molecule has 0 saturated heterocycles. The fourth-order valence-electron chi connectivity index (χ4n) is 4.44. The van der Waals surface area contributed by atoms with E-state index >= 15 is 0 Å². The number of likely N-dealkylation sites (N-methyl/N-ethyl adjacent to an activating group) is 1. The molecule has 134 valence electrons. The van der Waals surface area contributed by atoms with E-state index in [4.69, 9.17) is 0 Å². The van der Waals surface area contributed by atoms with Crippen molar-refractivity contribution in [3.8, 4) is 5.69 Å². The quantitative estimate of drug-likeness (QED) is 0.727. The molecule has 2 aromatic carbocycles. The minimum Gasteiger partial charge on any atom is -0.314 e. The van der Waals surface area contributed by atoms with Crippen LogP contribution >= 0.6 is 0 Å². The van der Waals surface area contributed by atoms with Crippen LogP contribution in [0.1, 0.15) is 23.1 Å². The first-order chi connectivity index (χ1) is 13.0. The van der Waals surface area contributed by atoms with Gasteiger partial charge in [-0.25, -0.2) is 4.68 Å². The molecule has 6 heteroatoms. The van der Waals surface area contributed by atoms with Gasteiger partial charge in [-0.3, -0.25) is 9.59 Å². The van der Waals surface area contributed by atoms with Crippen LogP contribution in [0.5, 0.6) is 0 Å². The smallest absolute Gasteiger partial charge is 0.242 e. The van der Waals surface area contributed by atoms with Crippen molar-refractivity contribution in [1.29, 1.82) is 0 Å². The Kier molecular flexibility index (Phi) is 3.10. The third kappa shape index (κ3) is 1.92. The number of fused-ring (bicyclic) bond motifs is 4. The monoisotopic (exact) mass is 358 g/mol. The third-order valence-corrected chi connectivity index (χ3v) is 5.62. The van der Waals surface area contributed by atoms with E-state index in [0.717, 1.165) is 28.1 Å². The van der Waals surface area contributed by atoms with Crippen molar-refractivity contribution in [2.75, 3.05) is 17.3 Å². The molecule has 3 heterocycles. The fraction of sp³-hybridized carbons (Fsp3) is 0.190. The van der Waals surface area contributed by atoms with E-state index < -0.39 is 5.41 Å². The summed E-state index contributed by atoms with van der Waals surface area (Å²) in [5.74, 6) is 0.292. The maximum absolute atomic E-state index is 13.5. The van der Waals surface area contributed by atoms with E-state index in [1.807, 2.05) is 55.5 Å². The summed E-state index contributed by atoms with van der Waals surface area (Å²) >= 11 is 0. The maximum atomic E-state index is 13.5. The van der Waals surface area contributed by atoms with Crippen molar-refractivity contribution in [2.45, 2.75) is 18.8 Å². The molecule has 2 aliphatic heterocycles. The first-order valence-electron chi connectivity index (χ1n) is 8.86. The Hall–Kier alpha value is -3.41. The van der Waals surface area contributed by atoms with Gasteiger partial charge < -0.3 is 10.2 Å². The molecule has 1 atom stereocenters. The number of nitrogens with one attached hydrogen (secondary N) is 1. The van der Waals surface area contributed by atoms with Crippen molar-refractivity contribution >= 4 is 23.3 Å². The molecule has 0 aliphatic carbocycles. The van der Waals surface area contributed by atoms with Gasteiger partial charge in [0.1, 0.15) is 11.2 Å². The van der Waals surface area contributed by atoms with Gasteiger partial charge in [-0.05, 0) is 30.2 Å². The number of amides is 2. The summed E-state index contributed by atoms with van der Waals surface area (Å²) in [5, 5.41) is 7.44. The molecule has 0 radical (unpaired) electrons. The minimum atomic E-state index is -1.03. The number of carbonyl (C=O) groups excluding carboxylic acids is 2. The van der Waals surface area contributed by atoms with Crippen molar-refractivity contribution in [3.63, 3.8) is 0 Å². The summed E-state index contributed by atoms with van der Waals surface area (Å²) in [6, 6.07) is 15.5. The number of rotatable bonds is 1. The second-order valence-corrected chi connectivity index (χ2v) is 7.12. The molecule has 2 aliphatic rings. The Morgan fingerprint density at radius 1 is 1.04 bits per heavy atom. The normalized spacial score (nSPS) is 20.6. The van der Waals surface area contributed by atoms with Crippen molar-refractivity contribution in [2.24, 2.45) is 0 Å². The number of benzene rings is 2. The van der Waals surface area contributed by atoms with Gasteiger partial charge in [0.15, 0.2) is 0 Å². The van der Waals surface area contributed by atoms with E-state index in [0.29, 0.717) is 5.82 Å². The van der Waals surface area contributed by atoms with Crippen LogP contribution in [0, 0.1) is 6.92 Å². The Labute approximate surface area is 156 Å². The zero-order valence-electron chi connectivity index (χ0n) is 15.1. The highest BCUT2D eigenvalue weighted by molar-refractivity contribution is 6.16. The number of aryl methyl sites for hydroxylation is 1. The molecule has 3 aromatic rings. The van der Waals surface area contributed by atoms with Crippen LogP contribution < -0.4 is 10.2 Å². The van der Waals surface area contributed by atoms with E-state index in [-0.39, 0.29) is 18.2 Å². The predicted molar refractivity (Wildman–Crippen MR) is 102 cm³/mol. The van der Waals surface area contributed by atoms with E-state index in [1.54, 1.807) is 22.8 Å². The van der Waals surface area contributed by atoms with Gasteiger partial charge in [0.25, 0.3) is 0 Å². The molecule has 27 heavy (non-hydrogen) atoms. The van der Waals surface area contributed by atoms with Gasteiger partial charge in [0.05, 0.1) is 17.6 Å². The van der Waals surface area contributed by atoms with Crippen molar-refractivity contribution in [3.05, 3.63) is 71.4 Å². The van der Waals surface area contributed by atoms with E-state index in [9.17, 15) is 9.59 Å². The number of nitrogens with zero attached hydrogens (tertiary/aromatic N) is 3. The molecule has 5 rings (SSSR count). The summed E-state index contributed by atoms with van der Waals surface area (Å²) < 4.78 is 1.69. The highest BCUT2D eigenvalue weighted by Gasteiger charge is 2.56. The van der Waals surface area contributed by atoms with Gasteiger partial charge in [0, 0.05) is 19.0 Å². The van der Waals surface area contributed by atoms with Gasteiger partial charge in [0.2, 0.25) is 11.8 Å². The van der Waals surface area contributed by atoms with E-state index in [2.05, 4.69) is 10.4 Å². The highest BCUT2D eigenvalue weighted by atomic mass is 16.2. The summed E-state index contributed by atoms with van der Waals surface area (Å²) in [6.07, 6.45) is 1.80. The van der Waals surface area contributed by atoms with Crippen LogP contribution in [0.2, 0.25) is 0 Å². The van der Waals surface area contributed by atoms with Crippen molar-refractivity contribution < 1.29 is 9.59 Å². The zero-order valence-corrected chi connectivity index (χ0v) is 15.1. The second kappa shape index (κ2) is 5.30. The molecule has 1 N–H and O–H groups in total. The van der Waals surface area contributed by atoms with Crippen LogP contribution in [0.25, 0.3) is 5.69 Å². The lowest BCUT2D eigenvalue weighted by molar-refractivity contribution is -0.126. The molecule has 0 bridgehead atoms. The van der Waals surface area contributed by atoms with Gasteiger partial charge in [-0.15, -0.1) is 0 Å². The van der Waals surface area contributed by atoms with Gasteiger partial charge >= 0.3 is 0 Å². The maximum Gasteiger partial charge on any atom is 0.242 e. The van der Waals surface area contributed by atoms with Crippen LogP contribution in [0.3, 0.4) is 0 Å². The third-order valence-electron chi connectivity index (χ3n) is 5.62. The summed E-state index contributed by atoms with van der Waals surface area (Å²) in [7, 11) is 1.77. The number of aromatic nitrogens is 2. The standard InChI is InChI=1S/C21H18N4O2/c1-13-7-6-10-15-18(13)24(2)20(27)21(15)11-17(26)23-19-16(21)12-22-25(19)14-8-4-3-5-9-14/h3-10,12H,11H2,1-2H3,(H,23,26)/t21-/m0/s1. The Morgan fingerprint density at radius 3 is 2.59 bits per heavy atom. The molecule has 0 fully saturated rings. The lowest BCUT2D eigenvalue weighted by atomic mass is 9.71. The Balaban J connectivity index is 1.81. The lowest BCUT2D eigenvalue weighted by Crippen LogP contribution is -2.45. The summed E-state index contributed by atoms with van der Waals surface area (Å²) in [4.78, 5) is 27.8. The molecule has 0 unspecified atom stereocenters. The SMILES string of the molecule is Cc1cccc2c1N(C)C(=O)[C@@]21CC(=O)Nc2c1cnn2-c1ccccc1. The fourth-order valence-corrected chi connectivity index (χ4v) is 4.44. The largest absolute Gasteiger partial charge is 0.314 e. The van der Waals surface area contributed by atoms with E-state index in [1.165, 1.54) is 0 Å². The molecule has 1 aromatic heterocycles. The van der Waals surface area contributed by atoms with Gasteiger partial charge in [-0.1, -0.05) is 36.4 Å².